The maximum Gasteiger partial charge on any atom is 0.336 e. The van der Waals surface area contributed by atoms with Crippen LogP contribution in [-0.2, 0) is 0 Å². The first-order valence-electron chi connectivity index (χ1n) is 6.86. The minimum Gasteiger partial charge on any atom is -0.478 e. The molecule has 1 saturated heterocycles. The summed E-state index contributed by atoms with van der Waals surface area (Å²) in [6.07, 6.45) is 1.86. The summed E-state index contributed by atoms with van der Waals surface area (Å²) in [7, 11) is 2.05. The highest BCUT2D eigenvalue weighted by Gasteiger charge is 2.22. The van der Waals surface area contributed by atoms with Crippen molar-refractivity contribution in [3.63, 3.8) is 0 Å². The summed E-state index contributed by atoms with van der Waals surface area (Å²) in [5, 5.41) is 23.4. The lowest BCUT2D eigenvalue weighted by atomic mass is 10.0. The maximum absolute atomic E-state index is 11.1. The van der Waals surface area contributed by atoms with Gasteiger partial charge in [0.2, 0.25) is 0 Å². The summed E-state index contributed by atoms with van der Waals surface area (Å²) in [6, 6.07) is 2.80. The van der Waals surface area contributed by atoms with Gasteiger partial charge in [-0.25, -0.2) is 4.79 Å². The van der Waals surface area contributed by atoms with E-state index in [1.165, 1.54) is 6.07 Å². The molecule has 0 atom stereocenters. The van der Waals surface area contributed by atoms with Crippen molar-refractivity contribution in [3.05, 3.63) is 33.4 Å². The van der Waals surface area contributed by atoms with E-state index < -0.39 is 10.9 Å². The second-order valence-corrected chi connectivity index (χ2v) is 5.45. The van der Waals surface area contributed by atoms with E-state index >= 15 is 0 Å². The summed E-state index contributed by atoms with van der Waals surface area (Å²) in [5.74, 6) is -1.16. The van der Waals surface area contributed by atoms with Crippen LogP contribution in [0.25, 0.3) is 0 Å². The zero-order chi connectivity index (χ0) is 15.6. The lowest BCUT2D eigenvalue weighted by Crippen LogP contribution is -2.36. The molecule has 0 amide bonds. The van der Waals surface area contributed by atoms with Crippen molar-refractivity contribution < 1.29 is 14.8 Å². The molecular weight excluding hydrogens is 274 g/mol. The number of nitro benzene ring substituents is 1. The van der Waals surface area contributed by atoms with E-state index in [-0.39, 0.29) is 17.3 Å². The average molecular weight is 293 g/mol. The average Bonchev–Trinajstić information content (AvgIpc) is 2.42. The number of nitrogens with zero attached hydrogens (tertiary/aromatic N) is 2. The standard InChI is InChI=1S/C14H19N3O4/c1-9-12(15-11-3-5-16(2)6-4-11)7-10(14(18)19)8-13(9)17(20)21/h7-8,11,15H,3-6H2,1-2H3,(H,18,19). The number of rotatable bonds is 4. The van der Waals surface area contributed by atoms with Crippen LogP contribution in [0.1, 0.15) is 28.8 Å². The van der Waals surface area contributed by atoms with E-state index in [4.69, 9.17) is 5.11 Å². The van der Waals surface area contributed by atoms with E-state index in [0.717, 1.165) is 32.0 Å². The Hall–Kier alpha value is -2.15. The first kappa shape index (κ1) is 15.2. The van der Waals surface area contributed by atoms with Crippen molar-refractivity contribution in [1.82, 2.24) is 4.90 Å². The fraction of sp³-hybridized carbons (Fsp3) is 0.500. The monoisotopic (exact) mass is 293 g/mol. The van der Waals surface area contributed by atoms with Gasteiger partial charge in [-0.15, -0.1) is 0 Å². The van der Waals surface area contributed by atoms with Crippen LogP contribution < -0.4 is 5.32 Å². The van der Waals surface area contributed by atoms with Gasteiger partial charge >= 0.3 is 5.97 Å². The number of carboxylic acid groups (broad SMARTS) is 1. The molecule has 0 saturated carbocycles. The topological polar surface area (TPSA) is 95.7 Å². The van der Waals surface area contributed by atoms with Gasteiger partial charge in [-0.2, -0.15) is 0 Å². The molecule has 0 aliphatic carbocycles. The number of hydrogen-bond acceptors (Lipinski definition) is 5. The van der Waals surface area contributed by atoms with Crippen LogP contribution in [0.4, 0.5) is 11.4 Å². The molecule has 114 valence electrons. The smallest absolute Gasteiger partial charge is 0.336 e. The number of hydrogen-bond donors (Lipinski definition) is 2. The lowest BCUT2D eigenvalue weighted by molar-refractivity contribution is -0.385. The Morgan fingerprint density at radius 3 is 2.57 bits per heavy atom. The first-order valence-corrected chi connectivity index (χ1v) is 6.86. The Labute approximate surface area is 122 Å². The Bertz CT molecular complexity index is 566. The molecule has 0 aromatic heterocycles. The molecule has 7 nitrogen and oxygen atoms in total. The highest BCUT2D eigenvalue weighted by atomic mass is 16.6. The number of piperidine rings is 1. The Kier molecular flexibility index (Phi) is 4.42. The van der Waals surface area contributed by atoms with Crippen LogP contribution in [-0.4, -0.2) is 47.1 Å². The molecule has 7 heteroatoms. The van der Waals surface area contributed by atoms with E-state index in [9.17, 15) is 14.9 Å². The van der Waals surface area contributed by atoms with Crippen LogP contribution in [0.15, 0.2) is 12.1 Å². The third-order valence-corrected chi connectivity index (χ3v) is 3.90. The molecule has 1 aliphatic rings. The van der Waals surface area contributed by atoms with E-state index in [1.54, 1.807) is 6.92 Å². The zero-order valence-electron chi connectivity index (χ0n) is 12.1. The summed E-state index contributed by atoms with van der Waals surface area (Å²) < 4.78 is 0. The molecule has 1 aromatic carbocycles. The fourth-order valence-corrected chi connectivity index (χ4v) is 2.53. The van der Waals surface area contributed by atoms with E-state index in [2.05, 4.69) is 17.3 Å². The van der Waals surface area contributed by atoms with E-state index in [1.807, 2.05) is 0 Å². The Morgan fingerprint density at radius 1 is 1.43 bits per heavy atom. The Morgan fingerprint density at radius 2 is 2.05 bits per heavy atom. The highest BCUT2D eigenvalue weighted by Crippen LogP contribution is 2.29. The van der Waals surface area contributed by atoms with Gasteiger partial charge < -0.3 is 15.3 Å². The quantitative estimate of drug-likeness (QED) is 0.652. The zero-order valence-corrected chi connectivity index (χ0v) is 12.1. The molecule has 2 N–H and O–H groups in total. The molecule has 1 heterocycles. The van der Waals surface area contributed by atoms with Crippen molar-refractivity contribution >= 4 is 17.3 Å². The summed E-state index contributed by atoms with van der Waals surface area (Å²) >= 11 is 0. The molecule has 0 radical (unpaired) electrons. The molecule has 0 spiro atoms. The minimum atomic E-state index is -1.16. The third kappa shape index (κ3) is 3.49. The van der Waals surface area contributed by atoms with Gasteiger partial charge in [-0.3, -0.25) is 10.1 Å². The molecular formula is C14H19N3O4. The van der Waals surface area contributed by atoms with Crippen molar-refractivity contribution in [2.24, 2.45) is 0 Å². The first-order chi connectivity index (χ1) is 9.88. The number of carbonyl (C=O) groups is 1. The third-order valence-electron chi connectivity index (χ3n) is 3.90. The van der Waals surface area contributed by atoms with Gasteiger partial charge in [0.25, 0.3) is 5.69 Å². The number of nitrogens with one attached hydrogen (secondary N) is 1. The number of nitro groups is 1. The van der Waals surface area contributed by atoms with Crippen LogP contribution >= 0.6 is 0 Å². The molecule has 1 fully saturated rings. The van der Waals surface area contributed by atoms with Crippen molar-refractivity contribution in [3.8, 4) is 0 Å². The van der Waals surface area contributed by atoms with Gasteiger partial charge in [0.05, 0.1) is 10.5 Å². The normalized spacial score (nSPS) is 16.7. The maximum atomic E-state index is 11.1. The SMILES string of the molecule is Cc1c(NC2CCN(C)CC2)cc(C(=O)O)cc1[N+](=O)[O-]. The highest BCUT2D eigenvalue weighted by molar-refractivity contribution is 5.90. The molecule has 0 bridgehead atoms. The van der Waals surface area contributed by atoms with Crippen LogP contribution in [0.5, 0.6) is 0 Å². The van der Waals surface area contributed by atoms with E-state index in [0.29, 0.717) is 11.3 Å². The summed E-state index contributed by atoms with van der Waals surface area (Å²) in [5.41, 5.74) is 0.785. The minimum absolute atomic E-state index is 0.0669. The van der Waals surface area contributed by atoms with Gasteiger partial charge in [-0.1, -0.05) is 0 Å². The van der Waals surface area contributed by atoms with Crippen molar-refractivity contribution in [1.29, 1.82) is 0 Å². The lowest BCUT2D eigenvalue weighted by Gasteiger charge is -2.30. The summed E-state index contributed by atoms with van der Waals surface area (Å²) in [4.78, 5) is 23.9. The van der Waals surface area contributed by atoms with Crippen molar-refractivity contribution in [2.45, 2.75) is 25.8 Å². The van der Waals surface area contributed by atoms with Crippen LogP contribution in [0.3, 0.4) is 0 Å². The molecule has 1 aliphatic heterocycles. The number of carboxylic acids is 1. The van der Waals surface area contributed by atoms with Gasteiger partial charge in [0.1, 0.15) is 0 Å². The molecule has 2 rings (SSSR count). The molecule has 1 aromatic rings. The predicted octanol–water partition coefficient (Wildman–Crippen LogP) is 2.11. The number of likely N-dealkylation sites (tertiary alicyclic amines) is 1. The molecule has 21 heavy (non-hydrogen) atoms. The van der Waals surface area contributed by atoms with Gasteiger partial charge in [0.15, 0.2) is 0 Å². The van der Waals surface area contributed by atoms with Gasteiger partial charge in [0, 0.05) is 23.4 Å². The summed E-state index contributed by atoms with van der Waals surface area (Å²) in [6.45, 7) is 3.55. The molecule has 0 unspecified atom stereocenters. The van der Waals surface area contributed by atoms with Crippen LogP contribution in [0, 0.1) is 17.0 Å². The number of anilines is 1. The second-order valence-electron chi connectivity index (χ2n) is 5.45. The van der Waals surface area contributed by atoms with Crippen molar-refractivity contribution in [2.75, 3.05) is 25.5 Å². The van der Waals surface area contributed by atoms with Crippen LogP contribution in [0.2, 0.25) is 0 Å². The largest absolute Gasteiger partial charge is 0.478 e. The second kappa shape index (κ2) is 6.09. The fourth-order valence-electron chi connectivity index (χ4n) is 2.53. The van der Waals surface area contributed by atoms with Gasteiger partial charge in [-0.05, 0) is 46.0 Å². The number of aromatic carboxylic acids is 1. The predicted molar refractivity (Wildman–Crippen MR) is 78.9 cm³/mol. The number of benzene rings is 1. The Balaban J connectivity index is 2.29.